The van der Waals surface area contributed by atoms with E-state index in [1.165, 1.54) is 0 Å². The molecule has 0 radical (unpaired) electrons. The van der Waals surface area contributed by atoms with E-state index < -0.39 is 23.5 Å². The van der Waals surface area contributed by atoms with Crippen LogP contribution < -0.4 is 0 Å². The van der Waals surface area contributed by atoms with Gasteiger partial charge in [-0.15, -0.1) is 0 Å². The molecule has 1 rings (SSSR count). The fraction of sp³-hybridized carbons (Fsp3) is 0.308. The Labute approximate surface area is 109 Å². The molecule has 0 fully saturated rings. The summed E-state index contributed by atoms with van der Waals surface area (Å²) in [5, 5.41) is 27.2. The van der Waals surface area contributed by atoms with Gasteiger partial charge in [-0.1, -0.05) is 13.3 Å². The minimum atomic E-state index is -1.42. The van der Waals surface area contributed by atoms with Crippen molar-refractivity contribution in [2.24, 2.45) is 0 Å². The van der Waals surface area contributed by atoms with Crippen LogP contribution in [0.5, 0.6) is 0 Å². The third-order valence-corrected chi connectivity index (χ3v) is 2.77. The van der Waals surface area contributed by atoms with Gasteiger partial charge >= 0.3 is 17.9 Å². The zero-order valence-corrected chi connectivity index (χ0v) is 10.3. The number of carboxylic acids is 3. The van der Waals surface area contributed by atoms with Gasteiger partial charge in [-0.3, -0.25) is 0 Å². The Morgan fingerprint density at radius 2 is 1.47 bits per heavy atom. The summed E-state index contributed by atoms with van der Waals surface area (Å²) >= 11 is 0. The summed E-state index contributed by atoms with van der Waals surface area (Å²) in [5.41, 5.74) is -0.901. The Balaban J connectivity index is 3.56. The van der Waals surface area contributed by atoms with Crippen molar-refractivity contribution in [1.29, 1.82) is 0 Å². The lowest BCUT2D eigenvalue weighted by molar-refractivity contribution is 0.0647. The molecule has 0 heterocycles. The van der Waals surface area contributed by atoms with Gasteiger partial charge in [-0.2, -0.15) is 0 Å². The van der Waals surface area contributed by atoms with Crippen LogP contribution in [-0.2, 0) is 6.42 Å². The van der Waals surface area contributed by atoms with E-state index in [1.54, 1.807) is 0 Å². The number of unbranched alkanes of at least 4 members (excludes halogenated alkanes) is 1. The number of hydrogen-bond donors (Lipinski definition) is 3. The molecule has 0 aliphatic rings. The van der Waals surface area contributed by atoms with Crippen molar-refractivity contribution >= 4 is 17.9 Å². The summed E-state index contributed by atoms with van der Waals surface area (Å²) in [4.78, 5) is 33.4. The van der Waals surface area contributed by atoms with Crippen LogP contribution in [0.15, 0.2) is 12.1 Å². The zero-order valence-electron chi connectivity index (χ0n) is 10.3. The van der Waals surface area contributed by atoms with Crippen molar-refractivity contribution in [2.45, 2.75) is 26.2 Å². The fourth-order valence-corrected chi connectivity index (χ4v) is 1.88. The first-order valence-electron chi connectivity index (χ1n) is 5.75. The molecule has 1 aromatic carbocycles. The molecule has 0 aromatic heterocycles. The van der Waals surface area contributed by atoms with Crippen LogP contribution in [0.4, 0.5) is 0 Å². The second-order valence-electron chi connectivity index (χ2n) is 4.03. The maximum Gasteiger partial charge on any atom is 0.336 e. The summed E-state index contributed by atoms with van der Waals surface area (Å²) in [7, 11) is 0. The average molecular weight is 266 g/mol. The monoisotopic (exact) mass is 266 g/mol. The van der Waals surface area contributed by atoms with E-state index in [-0.39, 0.29) is 23.1 Å². The molecule has 6 heteroatoms. The minimum Gasteiger partial charge on any atom is -0.478 e. The van der Waals surface area contributed by atoms with Crippen LogP contribution in [0.3, 0.4) is 0 Å². The van der Waals surface area contributed by atoms with Crippen molar-refractivity contribution in [3.05, 3.63) is 34.4 Å². The lowest BCUT2D eigenvalue weighted by Crippen LogP contribution is -2.16. The Morgan fingerprint density at radius 3 is 1.89 bits per heavy atom. The molecule has 1 aromatic rings. The summed E-state index contributed by atoms with van der Waals surface area (Å²) in [6.45, 7) is 1.88. The van der Waals surface area contributed by atoms with Crippen molar-refractivity contribution in [3.63, 3.8) is 0 Å². The van der Waals surface area contributed by atoms with Crippen LogP contribution in [-0.4, -0.2) is 33.2 Å². The van der Waals surface area contributed by atoms with Crippen molar-refractivity contribution in [2.75, 3.05) is 0 Å². The normalized spacial score (nSPS) is 10.2. The predicted molar refractivity (Wildman–Crippen MR) is 65.9 cm³/mol. The minimum absolute atomic E-state index is 0.0711. The van der Waals surface area contributed by atoms with E-state index in [1.807, 2.05) is 6.92 Å². The maximum atomic E-state index is 11.2. The molecule has 0 saturated carbocycles. The molecule has 6 nitrogen and oxygen atoms in total. The SMILES string of the molecule is CCCCc1c(C(=O)O)ccc(C(=O)O)c1C(=O)O. The van der Waals surface area contributed by atoms with Gasteiger partial charge in [0.05, 0.1) is 16.7 Å². The van der Waals surface area contributed by atoms with E-state index in [9.17, 15) is 14.4 Å². The molecule has 0 bridgehead atoms. The number of carbonyl (C=O) groups is 3. The van der Waals surface area contributed by atoms with Crippen LogP contribution in [0.1, 0.15) is 56.4 Å². The van der Waals surface area contributed by atoms with Crippen molar-refractivity contribution < 1.29 is 29.7 Å². The Hall–Kier alpha value is -2.37. The predicted octanol–water partition coefficient (Wildman–Crippen LogP) is 2.12. The number of rotatable bonds is 6. The summed E-state index contributed by atoms with van der Waals surface area (Å²) in [5.74, 6) is -4.07. The molecule has 0 aliphatic carbocycles. The standard InChI is InChI=1S/C13H14O6/c1-2-3-4-7-8(11(14)15)5-6-9(12(16)17)10(7)13(18)19/h5-6H,2-4H2,1H3,(H,14,15)(H,16,17)(H,18,19). The highest BCUT2D eigenvalue weighted by Crippen LogP contribution is 2.22. The molecule has 3 N–H and O–H groups in total. The molecule has 0 aliphatic heterocycles. The highest BCUT2D eigenvalue weighted by molar-refractivity contribution is 6.05. The maximum absolute atomic E-state index is 11.2. The first-order chi connectivity index (χ1) is 8.90. The second kappa shape index (κ2) is 5.99. The average Bonchev–Trinajstić information content (AvgIpc) is 2.34. The summed E-state index contributed by atoms with van der Waals surface area (Å²) in [6, 6.07) is 2.16. The second-order valence-corrected chi connectivity index (χ2v) is 4.03. The number of aromatic carboxylic acids is 3. The fourth-order valence-electron chi connectivity index (χ4n) is 1.88. The summed E-state index contributed by atoms with van der Waals surface area (Å²) in [6.07, 6.45) is 1.56. The van der Waals surface area contributed by atoms with Gasteiger partial charge in [0.15, 0.2) is 0 Å². The Morgan fingerprint density at radius 1 is 0.947 bits per heavy atom. The van der Waals surface area contributed by atoms with Gasteiger partial charge in [0.25, 0.3) is 0 Å². The highest BCUT2D eigenvalue weighted by Gasteiger charge is 2.24. The van der Waals surface area contributed by atoms with Gasteiger partial charge in [0.2, 0.25) is 0 Å². The van der Waals surface area contributed by atoms with E-state index in [0.717, 1.165) is 18.6 Å². The smallest absolute Gasteiger partial charge is 0.336 e. The van der Waals surface area contributed by atoms with Crippen LogP contribution in [0.25, 0.3) is 0 Å². The molecule has 0 saturated heterocycles. The molecule has 0 amide bonds. The first-order valence-corrected chi connectivity index (χ1v) is 5.75. The van der Waals surface area contributed by atoms with Gasteiger partial charge in [0.1, 0.15) is 0 Å². The van der Waals surface area contributed by atoms with Crippen molar-refractivity contribution in [3.8, 4) is 0 Å². The number of carboxylic acid groups (broad SMARTS) is 3. The quantitative estimate of drug-likeness (QED) is 0.727. The van der Waals surface area contributed by atoms with Gasteiger partial charge < -0.3 is 15.3 Å². The van der Waals surface area contributed by atoms with E-state index >= 15 is 0 Å². The highest BCUT2D eigenvalue weighted by atomic mass is 16.4. The van der Waals surface area contributed by atoms with Crippen LogP contribution >= 0.6 is 0 Å². The molecule has 0 unspecified atom stereocenters. The zero-order chi connectivity index (χ0) is 14.6. The lowest BCUT2D eigenvalue weighted by atomic mass is 9.92. The molecule has 0 atom stereocenters. The first kappa shape index (κ1) is 14.7. The van der Waals surface area contributed by atoms with Gasteiger partial charge in [-0.05, 0) is 30.5 Å². The third kappa shape index (κ3) is 3.09. The Kier molecular flexibility index (Phi) is 4.63. The lowest BCUT2D eigenvalue weighted by Gasteiger charge is -2.12. The largest absolute Gasteiger partial charge is 0.478 e. The third-order valence-electron chi connectivity index (χ3n) is 2.77. The van der Waals surface area contributed by atoms with E-state index in [4.69, 9.17) is 15.3 Å². The van der Waals surface area contributed by atoms with E-state index in [0.29, 0.717) is 6.42 Å². The molecule has 19 heavy (non-hydrogen) atoms. The Bertz CT molecular complexity index is 532. The van der Waals surface area contributed by atoms with Gasteiger partial charge in [-0.25, -0.2) is 14.4 Å². The number of hydrogen-bond acceptors (Lipinski definition) is 3. The van der Waals surface area contributed by atoms with Crippen molar-refractivity contribution in [1.82, 2.24) is 0 Å². The molecule has 102 valence electrons. The van der Waals surface area contributed by atoms with Crippen LogP contribution in [0, 0.1) is 0 Å². The number of benzene rings is 1. The van der Waals surface area contributed by atoms with Gasteiger partial charge in [0, 0.05) is 0 Å². The summed E-state index contributed by atoms with van der Waals surface area (Å²) < 4.78 is 0. The molecule has 0 spiro atoms. The molecular formula is C13H14O6. The topological polar surface area (TPSA) is 112 Å². The van der Waals surface area contributed by atoms with E-state index in [2.05, 4.69) is 0 Å². The van der Waals surface area contributed by atoms with Crippen LogP contribution in [0.2, 0.25) is 0 Å². The molecular weight excluding hydrogens is 252 g/mol.